The van der Waals surface area contributed by atoms with Crippen LogP contribution in [0.1, 0.15) is 11.8 Å². The molecule has 1 aromatic heterocycles. The zero-order valence-corrected chi connectivity index (χ0v) is 11.5. The molecule has 0 fully saturated rings. The van der Waals surface area contributed by atoms with Gasteiger partial charge in [0.05, 0.1) is 9.83 Å². The van der Waals surface area contributed by atoms with Gasteiger partial charge < -0.3 is 10.2 Å². The Bertz CT molecular complexity index is 338. The molecule has 0 aliphatic heterocycles. The van der Waals surface area contributed by atoms with Crippen LogP contribution in [0.2, 0.25) is 0 Å². The van der Waals surface area contributed by atoms with Gasteiger partial charge in [-0.3, -0.25) is 4.79 Å². The van der Waals surface area contributed by atoms with Crippen LogP contribution in [0.3, 0.4) is 0 Å². The summed E-state index contributed by atoms with van der Waals surface area (Å²) in [5.74, 6) is 0.102. The molecule has 3 nitrogen and oxygen atoms in total. The molecule has 0 aliphatic carbocycles. The molecule has 0 saturated carbocycles. The van der Waals surface area contributed by atoms with Gasteiger partial charge in [0, 0.05) is 25.5 Å². The molecule has 0 spiro atoms. The molecule has 1 amide bonds. The fourth-order valence-electron chi connectivity index (χ4n) is 1.18. The van der Waals surface area contributed by atoms with Crippen molar-refractivity contribution in [3.63, 3.8) is 0 Å². The van der Waals surface area contributed by atoms with Crippen molar-refractivity contribution in [2.45, 2.75) is 19.5 Å². The molecule has 84 valence electrons. The fraction of sp³-hybridized carbons (Fsp3) is 0.500. The molecule has 1 N–H and O–H groups in total. The van der Waals surface area contributed by atoms with E-state index in [0.29, 0.717) is 0 Å². The van der Waals surface area contributed by atoms with E-state index in [1.165, 1.54) is 4.88 Å². The normalized spacial score (nSPS) is 12.5. The summed E-state index contributed by atoms with van der Waals surface area (Å²) < 4.78 is 1.12. The highest BCUT2D eigenvalue weighted by Crippen LogP contribution is 2.21. The molecule has 1 unspecified atom stereocenters. The lowest BCUT2D eigenvalue weighted by atomic mass is 10.3. The van der Waals surface area contributed by atoms with Crippen LogP contribution in [0.15, 0.2) is 15.9 Å². The van der Waals surface area contributed by atoms with Gasteiger partial charge >= 0.3 is 0 Å². The number of nitrogens with zero attached hydrogens (tertiary/aromatic N) is 1. The highest BCUT2D eigenvalue weighted by molar-refractivity contribution is 9.11. The van der Waals surface area contributed by atoms with Crippen LogP contribution < -0.4 is 5.32 Å². The van der Waals surface area contributed by atoms with E-state index in [0.717, 1.165) is 10.3 Å². The van der Waals surface area contributed by atoms with Gasteiger partial charge in [-0.2, -0.15) is 0 Å². The summed E-state index contributed by atoms with van der Waals surface area (Å²) in [4.78, 5) is 14.3. The van der Waals surface area contributed by atoms with E-state index in [1.54, 1.807) is 30.3 Å². The highest BCUT2D eigenvalue weighted by Gasteiger charge is 2.13. The van der Waals surface area contributed by atoms with E-state index in [4.69, 9.17) is 0 Å². The molecule has 0 saturated heterocycles. The third-order valence-corrected chi connectivity index (χ3v) is 3.65. The van der Waals surface area contributed by atoms with E-state index >= 15 is 0 Å². The minimum atomic E-state index is -0.138. The zero-order valence-electron chi connectivity index (χ0n) is 9.08. The number of amides is 1. The maximum Gasteiger partial charge on any atom is 0.238 e. The molecule has 1 atom stereocenters. The average Bonchev–Trinajstić information content (AvgIpc) is 2.59. The lowest BCUT2D eigenvalue weighted by molar-refractivity contribution is -0.130. The van der Waals surface area contributed by atoms with E-state index in [1.807, 2.05) is 13.0 Å². The number of hydrogen-bond acceptors (Lipinski definition) is 3. The number of likely N-dealkylation sites (N-methyl/N-ethyl adjacent to an activating group) is 1. The molecule has 1 rings (SSSR count). The predicted octanol–water partition coefficient (Wildman–Crippen LogP) is 2.08. The molecule has 1 heterocycles. The Morgan fingerprint density at radius 1 is 1.60 bits per heavy atom. The first-order valence-corrected chi connectivity index (χ1v) is 6.30. The summed E-state index contributed by atoms with van der Waals surface area (Å²) in [7, 11) is 3.53. The third-order valence-electron chi connectivity index (χ3n) is 2.02. The minimum absolute atomic E-state index is 0.102. The Balaban J connectivity index is 2.40. The Morgan fingerprint density at radius 2 is 2.27 bits per heavy atom. The maximum absolute atomic E-state index is 11.5. The largest absolute Gasteiger partial charge is 0.347 e. The lowest BCUT2D eigenvalue weighted by Crippen LogP contribution is -2.40. The first kappa shape index (κ1) is 12.7. The number of hydrogen-bond donors (Lipinski definition) is 1. The standard InChI is InChI=1S/C10H15BrN2OS/c1-7(10(14)13(2)3)12-6-8-4-5-9(11)15-8/h4-5,7,12H,6H2,1-3H3. The quantitative estimate of drug-likeness (QED) is 0.921. The monoisotopic (exact) mass is 290 g/mol. The van der Waals surface area contributed by atoms with Gasteiger partial charge in [-0.15, -0.1) is 11.3 Å². The van der Waals surface area contributed by atoms with Crippen LogP contribution in [0.5, 0.6) is 0 Å². The fourth-order valence-corrected chi connectivity index (χ4v) is 2.61. The van der Waals surface area contributed by atoms with Crippen molar-refractivity contribution in [2.75, 3.05) is 14.1 Å². The van der Waals surface area contributed by atoms with Gasteiger partial charge in [0.25, 0.3) is 0 Å². The maximum atomic E-state index is 11.5. The first-order valence-electron chi connectivity index (χ1n) is 4.69. The Labute approximate surface area is 103 Å². The Kier molecular flexibility index (Phi) is 4.76. The third kappa shape index (κ3) is 3.93. The van der Waals surface area contributed by atoms with E-state index in [-0.39, 0.29) is 11.9 Å². The second kappa shape index (κ2) is 5.63. The molecule has 0 aromatic carbocycles. The summed E-state index contributed by atoms with van der Waals surface area (Å²) in [6.45, 7) is 2.61. The van der Waals surface area contributed by atoms with Crippen LogP contribution in [-0.2, 0) is 11.3 Å². The van der Waals surface area contributed by atoms with Gasteiger partial charge in [0.1, 0.15) is 0 Å². The molecule has 15 heavy (non-hydrogen) atoms. The lowest BCUT2D eigenvalue weighted by Gasteiger charge is -2.17. The summed E-state index contributed by atoms with van der Waals surface area (Å²) >= 11 is 5.09. The molecular formula is C10H15BrN2OS. The average molecular weight is 291 g/mol. The second-order valence-electron chi connectivity index (χ2n) is 3.54. The van der Waals surface area contributed by atoms with Crippen molar-refractivity contribution in [1.29, 1.82) is 0 Å². The first-order chi connectivity index (χ1) is 7.00. The number of nitrogens with one attached hydrogen (secondary N) is 1. The van der Waals surface area contributed by atoms with Gasteiger partial charge in [0.15, 0.2) is 0 Å². The molecule has 0 radical (unpaired) electrons. The van der Waals surface area contributed by atoms with Crippen molar-refractivity contribution in [3.05, 3.63) is 20.8 Å². The molecular weight excluding hydrogens is 276 g/mol. The SMILES string of the molecule is CC(NCc1ccc(Br)s1)C(=O)N(C)C. The van der Waals surface area contributed by atoms with E-state index < -0.39 is 0 Å². The van der Waals surface area contributed by atoms with Crippen LogP contribution in [0.25, 0.3) is 0 Å². The summed E-state index contributed by atoms with van der Waals surface area (Å²) in [5, 5.41) is 3.19. The molecule has 0 aliphatic rings. The van der Waals surface area contributed by atoms with Crippen LogP contribution in [0, 0.1) is 0 Å². The van der Waals surface area contributed by atoms with Crippen LogP contribution >= 0.6 is 27.3 Å². The van der Waals surface area contributed by atoms with Crippen molar-refractivity contribution < 1.29 is 4.79 Å². The van der Waals surface area contributed by atoms with Crippen molar-refractivity contribution in [3.8, 4) is 0 Å². The number of carbonyl (C=O) groups is 1. The van der Waals surface area contributed by atoms with Gasteiger partial charge in [0.2, 0.25) is 5.91 Å². The molecule has 1 aromatic rings. The Morgan fingerprint density at radius 3 is 2.73 bits per heavy atom. The van der Waals surface area contributed by atoms with Crippen molar-refractivity contribution in [2.24, 2.45) is 0 Å². The van der Waals surface area contributed by atoms with Crippen molar-refractivity contribution >= 4 is 33.2 Å². The number of halogens is 1. The van der Waals surface area contributed by atoms with E-state index in [2.05, 4.69) is 27.3 Å². The second-order valence-corrected chi connectivity index (χ2v) is 6.09. The number of rotatable bonds is 4. The summed E-state index contributed by atoms with van der Waals surface area (Å²) in [6, 6.07) is 3.93. The highest BCUT2D eigenvalue weighted by atomic mass is 79.9. The van der Waals surface area contributed by atoms with Crippen LogP contribution in [-0.4, -0.2) is 30.9 Å². The van der Waals surface area contributed by atoms with Gasteiger partial charge in [-0.05, 0) is 35.0 Å². The Hall–Kier alpha value is -0.390. The van der Waals surface area contributed by atoms with E-state index in [9.17, 15) is 4.79 Å². The molecule has 5 heteroatoms. The summed E-state index contributed by atoms with van der Waals surface area (Å²) in [5.41, 5.74) is 0. The van der Waals surface area contributed by atoms with Gasteiger partial charge in [-0.25, -0.2) is 0 Å². The van der Waals surface area contributed by atoms with Crippen molar-refractivity contribution in [1.82, 2.24) is 10.2 Å². The zero-order chi connectivity index (χ0) is 11.4. The topological polar surface area (TPSA) is 32.3 Å². The number of carbonyl (C=O) groups excluding carboxylic acids is 1. The number of thiophene rings is 1. The predicted molar refractivity (Wildman–Crippen MR) is 67.0 cm³/mol. The summed E-state index contributed by atoms with van der Waals surface area (Å²) in [6.07, 6.45) is 0. The smallest absolute Gasteiger partial charge is 0.238 e. The van der Waals surface area contributed by atoms with Gasteiger partial charge in [-0.1, -0.05) is 0 Å². The minimum Gasteiger partial charge on any atom is -0.347 e. The molecule has 0 bridgehead atoms. The van der Waals surface area contributed by atoms with Crippen LogP contribution in [0.4, 0.5) is 0 Å².